The van der Waals surface area contributed by atoms with Gasteiger partial charge in [-0.15, -0.1) is 10.2 Å². The lowest BCUT2D eigenvalue weighted by atomic mass is 10.3. The monoisotopic (exact) mass is 275 g/mol. The Morgan fingerprint density at radius 2 is 2.15 bits per heavy atom. The van der Waals surface area contributed by atoms with Crippen LogP contribution in [0.5, 0.6) is 0 Å². The highest BCUT2D eigenvalue weighted by atomic mass is 16.4. The first kappa shape index (κ1) is 12.1. The number of rotatable bonds is 2. The van der Waals surface area contributed by atoms with Gasteiger partial charge in [-0.25, -0.2) is 9.59 Å². The third kappa shape index (κ3) is 1.76. The third-order valence-electron chi connectivity index (χ3n) is 2.94. The van der Waals surface area contributed by atoms with Gasteiger partial charge in [-0.1, -0.05) is 0 Å². The number of nitrogens with one attached hydrogen (secondary N) is 1. The van der Waals surface area contributed by atoms with Crippen molar-refractivity contribution in [1.29, 1.82) is 0 Å². The highest BCUT2D eigenvalue weighted by Gasteiger charge is 2.28. The maximum atomic E-state index is 11.8. The van der Waals surface area contributed by atoms with Crippen molar-refractivity contribution in [2.24, 2.45) is 0 Å². The Labute approximate surface area is 111 Å². The van der Waals surface area contributed by atoms with Gasteiger partial charge in [0.15, 0.2) is 5.65 Å². The van der Waals surface area contributed by atoms with Crippen molar-refractivity contribution in [3.05, 3.63) is 23.9 Å². The van der Waals surface area contributed by atoms with Crippen LogP contribution in [0, 0.1) is 0 Å². The van der Waals surface area contributed by atoms with Gasteiger partial charge < -0.3 is 5.11 Å². The molecule has 1 aliphatic heterocycles. The molecule has 0 unspecified atom stereocenters. The molecule has 3 heterocycles. The van der Waals surface area contributed by atoms with Crippen LogP contribution >= 0.6 is 0 Å². The fourth-order valence-electron chi connectivity index (χ4n) is 2.01. The Morgan fingerprint density at radius 3 is 2.85 bits per heavy atom. The van der Waals surface area contributed by atoms with E-state index in [0.29, 0.717) is 0 Å². The van der Waals surface area contributed by atoms with Crippen LogP contribution in [0.3, 0.4) is 0 Å². The van der Waals surface area contributed by atoms with Gasteiger partial charge in [0.1, 0.15) is 5.56 Å². The SMILES string of the molecule is O=C1CCN(c2nnc3c(C(=O)O)cccn23)C(=O)N1. The molecule has 2 N–H and O–H groups in total. The number of carbonyl (C=O) groups is 3. The lowest BCUT2D eigenvalue weighted by molar-refractivity contribution is -0.120. The van der Waals surface area contributed by atoms with Gasteiger partial charge in [0.2, 0.25) is 11.9 Å². The zero-order valence-electron chi connectivity index (χ0n) is 10.1. The van der Waals surface area contributed by atoms with Crippen LogP contribution in [-0.2, 0) is 4.79 Å². The van der Waals surface area contributed by atoms with Crippen LogP contribution in [0.1, 0.15) is 16.8 Å². The number of fused-ring (bicyclic) bond motifs is 1. The number of amides is 3. The van der Waals surface area contributed by atoms with E-state index in [2.05, 4.69) is 15.5 Å². The van der Waals surface area contributed by atoms with Crippen LogP contribution in [0.15, 0.2) is 18.3 Å². The summed E-state index contributed by atoms with van der Waals surface area (Å²) in [4.78, 5) is 35.2. The van der Waals surface area contributed by atoms with Gasteiger partial charge in [-0.2, -0.15) is 0 Å². The summed E-state index contributed by atoms with van der Waals surface area (Å²) in [5, 5.41) is 18.9. The van der Waals surface area contributed by atoms with E-state index in [-0.39, 0.29) is 36.0 Å². The zero-order valence-corrected chi connectivity index (χ0v) is 10.1. The Balaban J connectivity index is 2.09. The molecule has 9 heteroatoms. The molecule has 0 aromatic carbocycles. The summed E-state index contributed by atoms with van der Waals surface area (Å²) in [6, 6.07) is 2.32. The van der Waals surface area contributed by atoms with E-state index in [0.717, 1.165) is 0 Å². The summed E-state index contributed by atoms with van der Waals surface area (Å²) in [6.45, 7) is 0.169. The van der Waals surface area contributed by atoms with Crippen molar-refractivity contribution < 1.29 is 19.5 Å². The van der Waals surface area contributed by atoms with E-state index in [9.17, 15) is 14.4 Å². The van der Waals surface area contributed by atoms with Gasteiger partial charge >= 0.3 is 12.0 Å². The van der Waals surface area contributed by atoms with Crippen molar-refractivity contribution in [3.63, 3.8) is 0 Å². The highest BCUT2D eigenvalue weighted by Crippen LogP contribution is 2.18. The van der Waals surface area contributed by atoms with Gasteiger partial charge in [0.25, 0.3) is 0 Å². The number of carbonyl (C=O) groups excluding carboxylic acids is 2. The molecule has 3 amide bonds. The van der Waals surface area contributed by atoms with Gasteiger partial charge in [0.05, 0.1) is 0 Å². The predicted octanol–water partition coefficient (Wildman–Crippen LogP) is -0.126. The maximum absolute atomic E-state index is 11.8. The minimum atomic E-state index is -1.13. The second-order valence-electron chi connectivity index (χ2n) is 4.18. The predicted molar refractivity (Wildman–Crippen MR) is 65.4 cm³/mol. The molecule has 1 aliphatic rings. The van der Waals surface area contributed by atoms with Crippen molar-refractivity contribution in [3.8, 4) is 0 Å². The lowest BCUT2D eigenvalue weighted by Crippen LogP contribution is -2.50. The molecule has 102 valence electrons. The molecule has 0 spiro atoms. The van der Waals surface area contributed by atoms with Gasteiger partial charge in [0, 0.05) is 19.2 Å². The van der Waals surface area contributed by atoms with E-state index >= 15 is 0 Å². The van der Waals surface area contributed by atoms with Crippen LogP contribution in [-0.4, -0.2) is 44.2 Å². The van der Waals surface area contributed by atoms with Gasteiger partial charge in [-0.05, 0) is 12.1 Å². The largest absolute Gasteiger partial charge is 0.478 e. The second-order valence-corrected chi connectivity index (χ2v) is 4.18. The molecule has 1 saturated heterocycles. The summed E-state index contributed by atoms with van der Waals surface area (Å²) in [6.07, 6.45) is 1.71. The number of aromatic carboxylic acids is 1. The summed E-state index contributed by atoms with van der Waals surface area (Å²) in [5.74, 6) is -1.31. The van der Waals surface area contributed by atoms with E-state index in [4.69, 9.17) is 5.11 Å². The molecule has 0 aliphatic carbocycles. The molecule has 2 aromatic heterocycles. The number of imide groups is 1. The molecule has 20 heavy (non-hydrogen) atoms. The normalized spacial score (nSPS) is 15.5. The molecule has 0 atom stereocenters. The number of aromatic nitrogens is 3. The second kappa shape index (κ2) is 4.30. The van der Waals surface area contributed by atoms with E-state index in [1.165, 1.54) is 21.4 Å². The number of pyridine rings is 1. The molecular weight excluding hydrogens is 266 g/mol. The Kier molecular flexibility index (Phi) is 2.60. The van der Waals surface area contributed by atoms with E-state index in [1.54, 1.807) is 6.20 Å². The topological polar surface area (TPSA) is 117 Å². The summed E-state index contributed by atoms with van der Waals surface area (Å²) in [5.41, 5.74) is 0.124. The number of anilines is 1. The summed E-state index contributed by atoms with van der Waals surface area (Å²) in [7, 11) is 0. The van der Waals surface area contributed by atoms with Crippen LogP contribution in [0.2, 0.25) is 0 Å². The maximum Gasteiger partial charge on any atom is 0.339 e. The number of hydrogen-bond acceptors (Lipinski definition) is 5. The third-order valence-corrected chi connectivity index (χ3v) is 2.94. The van der Waals surface area contributed by atoms with E-state index in [1.807, 2.05) is 0 Å². The van der Waals surface area contributed by atoms with Crippen molar-refractivity contribution in [1.82, 2.24) is 19.9 Å². The lowest BCUT2D eigenvalue weighted by Gasteiger charge is -2.24. The van der Waals surface area contributed by atoms with Crippen molar-refractivity contribution in [2.45, 2.75) is 6.42 Å². The molecule has 0 radical (unpaired) electrons. The highest BCUT2D eigenvalue weighted by molar-refractivity contribution is 6.05. The fraction of sp³-hybridized carbons (Fsp3) is 0.182. The van der Waals surface area contributed by atoms with Crippen LogP contribution in [0.4, 0.5) is 10.7 Å². The van der Waals surface area contributed by atoms with Crippen molar-refractivity contribution >= 4 is 29.5 Å². The first-order valence-corrected chi connectivity index (χ1v) is 5.76. The molecule has 1 fully saturated rings. The molecule has 2 aromatic rings. The summed E-state index contributed by atoms with van der Waals surface area (Å²) < 4.78 is 1.40. The number of hydrogen-bond donors (Lipinski definition) is 2. The quantitative estimate of drug-likeness (QED) is 0.788. The number of carboxylic acid groups (broad SMARTS) is 1. The number of nitrogens with zero attached hydrogens (tertiary/aromatic N) is 4. The molecule has 9 nitrogen and oxygen atoms in total. The minimum Gasteiger partial charge on any atom is -0.478 e. The fourth-order valence-corrected chi connectivity index (χ4v) is 2.01. The Bertz CT molecular complexity index is 737. The molecule has 0 bridgehead atoms. The first-order valence-electron chi connectivity index (χ1n) is 5.76. The Hall–Kier alpha value is -2.97. The zero-order chi connectivity index (χ0) is 14.3. The average molecular weight is 275 g/mol. The van der Waals surface area contributed by atoms with Crippen LogP contribution in [0.25, 0.3) is 5.65 Å². The number of carboxylic acids is 1. The molecular formula is C11H9N5O4. The average Bonchev–Trinajstić information content (AvgIpc) is 2.82. The smallest absolute Gasteiger partial charge is 0.339 e. The first-order chi connectivity index (χ1) is 9.58. The summed E-state index contributed by atoms with van der Waals surface area (Å²) >= 11 is 0. The van der Waals surface area contributed by atoms with Crippen LogP contribution < -0.4 is 10.2 Å². The van der Waals surface area contributed by atoms with Crippen molar-refractivity contribution in [2.75, 3.05) is 11.4 Å². The van der Waals surface area contributed by atoms with E-state index < -0.39 is 12.0 Å². The minimum absolute atomic E-state index is 0.0141. The molecule has 0 saturated carbocycles. The standard InChI is InChI=1S/C11H9N5O4/c17-7-3-5-16(11(20)12-7)10-14-13-8-6(9(18)19)2-1-4-15(8)10/h1-2,4H,3,5H2,(H,18,19)(H,12,17,20). The number of urea groups is 1. The molecule has 3 rings (SSSR count). The Morgan fingerprint density at radius 1 is 1.35 bits per heavy atom. The van der Waals surface area contributed by atoms with Gasteiger partial charge in [-0.3, -0.25) is 19.4 Å².